The Morgan fingerprint density at radius 3 is 2.13 bits per heavy atom. The summed E-state index contributed by atoms with van der Waals surface area (Å²) in [5, 5.41) is 11.7. The van der Waals surface area contributed by atoms with Crippen LogP contribution in [-0.4, -0.2) is 19.1 Å². The summed E-state index contributed by atoms with van der Waals surface area (Å²) in [6.45, 7) is 2.79. The number of nitriles is 1. The van der Waals surface area contributed by atoms with Gasteiger partial charge < -0.3 is 14.8 Å². The molecule has 0 aromatic heterocycles. The predicted octanol–water partition coefficient (Wildman–Crippen LogP) is 5.14. The number of hydrogen-bond donors (Lipinski definition) is 1. The Labute approximate surface area is 180 Å². The molecular weight excluding hydrogens is 395 g/mol. The predicted molar refractivity (Wildman–Crippen MR) is 117 cm³/mol. The minimum absolute atomic E-state index is 0.0188. The van der Waals surface area contributed by atoms with Crippen LogP contribution in [-0.2, 0) is 4.79 Å². The Balaban J connectivity index is 1.53. The molecule has 0 radical (unpaired) electrons. The van der Waals surface area contributed by atoms with Crippen molar-refractivity contribution in [2.45, 2.75) is 6.92 Å². The standard InChI is InChI=1S/C25H21FN2O3/c1-18-6-10-21(11-7-18)30-14-15-31-22-12-8-19(9-13-22)16-20(17-27)25(29)28-24-5-3-2-4-23(24)26/h2-13,16H,14-15H2,1H3,(H,28,29)/b20-16+. The lowest BCUT2D eigenvalue weighted by atomic mass is 10.1. The largest absolute Gasteiger partial charge is 0.490 e. The third kappa shape index (κ3) is 6.44. The summed E-state index contributed by atoms with van der Waals surface area (Å²) < 4.78 is 24.9. The van der Waals surface area contributed by atoms with Crippen molar-refractivity contribution in [2.75, 3.05) is 18.5 Å². The molecule has 0 heterocycles. The number of carbonyl (C=O) groups excluding carboxylic acids is 1. The van der Waals surface area contributed by atoms with Crippen LogP contribution in [0.1, 0.15) is 11.1 Å². The number of amides is 1. The van der Waals surface area contributed by atoms with Gasteiger partial charge in [0.1, 0.15) is 42.2 Å². The molecule has 6 heteroatoms. The van der Waals surface area contributed by atoms with E-state index in [1.807, 2.05) is 37.3 Å². The SMILES string of the molecule is Cc1ccc(OCCOc2ccc(/C=C(\C#N)C(=O)Nc3ccccc3F)cc2)cc1. The van der Waals surface area contributed by atoms with Gasteiger partial charge in [0.05, 0.1) is 5.69 Å². The second-order valence-electron chi connectivity index (χ2n) is 6.68. The molecule has 3 aromatic carbocycles. The number of nitrogens with one attached hydrogen (secondary N) is 1. The van der Waals surface area contributed by atoms with Crippen LogP contribution in [0.5, 0.6) is 11.5 Å². The Kier molecular flexibility index (Phi) is 7.39. The van der Waals surface area contributed by atoms with Crippen LogP contribution in [0.2, 0.25) is 0 Å². The van der Waals surface area contributed by atoms with Crippen molar-refractivity contribution < 1.29 is 18.7 Å². The molecule has 0 spiro atoms. The maximum Gasteiger partial charge on any atom is 0.266 e. The van der Waals surface area contributed by atoms with Gasteiger partial charge in [0.15, 0.2) is 0 Å². The second kappa shape index (κ2) is 10.6. The Bertz CT molecular complexity index is 1100. The number of nitrogens with zero attached hydrogens (tertiary/aromatic N) is 1. The van der Waals surface area contributed by atoms with Crippen molar-refractivity contribution in [3.8, 4) is 17.6 Å². The molecule has 3 aromatic rings. The fourth-order valence-electron chi connectivity index (χ4n) is 2.68. The Hall–Kier alpha value is -4.11. The Morgan fingerprint density at radius 2 is 1.55 bits per heavy atom. The molecule has 0 fully saturated rings. The minimum atomic E-state index is -0.679. The fraction of sp³-hybridized carbons (Fsp3) is 0.120. The van der Waals surface area contributed by atoms with Gasteiger partial charge in [-0.3, -0.25) is 4.79 Å². The van der Waals surface area contributed by atoms with E-state index >= 15 is 0 Å². The third-order valence-electron chi connectivity index (χ3n) is 4.32. The summed E-state index contributed by atoms with van der Waals surface area (Å²) in [5.41, 5.74) is 1.69. The maximum absolute atomic E-state index is 13.7. The number of hydrogen-bond acceptors (Lipinski definition) is 4. The van der Waals surface area contributed by atoms with Crippen LogP contribution in [0.15, 0.2) is 78.4 Å². The van der Waals surface area contributed by atoms with Crippen molar-refractivity contribution in [3.63, 3.8) is 0 Å². The smallest absolute Gasteiger partial charge is 0.266 e. The molecule has 3 rings (SSSR count). The quantitative estimate of drug-likeness (QED) is 0.314. The van der Waals surface area contributed by atoms with Gasteiger partial charge in [0, 0.05) is 0 Å². The topological polar surface area (TPSA) is 71.3 Å². The van der Waals surface area contributed by atoms with Crippen LogP contribution in [0.4, 0.5) is 10.1 Å². The van der Waals surface area contributed by atoms with Crippen LogP contribution in [0, 0.1) is 24.1 Å². The lowest BCUT2D eigenvalue weighted by molar-refractivity contribution is -0.112. The lowest BCUT2D eigenvalue weighted by Crippen LogP contribution is -2.14. The highest BCUT2D eigenvalue weighted by molar-refractivity contribution is 6.09. The van der Waals surface area contributed by atoms with Crippen LogP contribution in [0.3, 0.4) is 0 Å². The first-order valence-electron chi connectivity index (χ1n) is 9.65. The monoisotopic (exact) mass is 416 g/mol. The molecule has 5 nitrogen and oxygen atoms in total. The molecule has 156 valence electrons. The first-order chi connectivity index (χ1) is 15.0. The van der Waals surface area contributed by atoms with Gasteiger partial charge in [-0.2, -0.15) is 5.26 Å². The summed E-state index contributed by atoms with van der Waals surface area (Å²) in [5.74, 6) is 0.175. The highest BCUT2D eigenvalue weighted by Gasteiger charge is 2.11. The number of anilines is 1. The van der Waals surface area contributed by atoms with E-state index in [0.29, 0.717) is 24.5 Å². The highest BCUT2D eigenvalue weighted by atomic mass is 19.1. The number of carbonyl (C=O) groups is 1. The third-order valence-corrected chi connectivity index (χ3v) is 4.32. The van der Waals surface area contributed by atoms with E-state index in [2.05, 4.69) is 5.32 Å². The lowest BCUT2D eigenvalue weighted by Gasteiger charge is -2.09. The van der Waals surface area contributed by atoms with E-state index in [1.165, 1.54) is 29.8 Å². The van der Waals surface area contributed by atoms with Crippen molar-refractivity contribution in [1.82, 2.24) is 0 Å². The molecule has 0 aliphatic heterocycles. The minimum Gasteiger partial charge on any atom is -0.490 e. The van der Waals surface area contributed by atoms with E-state index in [9.17, 15) is 14.4 Å². The molecule has 0 saturated heterocycles. The average molecular weight is 416 g/mol. The number of benzene rings is 3. The molecule has 1 N–H and O–H groups in total. The molecule has 31 heavy (non-hydrogen) atoms. The summed E-state index contributed by atoms with van der Waals surface area (Å²) in [7, 11) is 0. The van der Waals surface area contributed by atoms with Gasteiger partial charge in [0.25, 0.3) is 5.91 Å². The average Bonchev–Trinajstić information content (AvgIpc) is 2.78. The van der Waals surface area contributed by atoms with E-state index in [-0.39, 0.29) is 11.3 Å². The van der Waals surface area contributed by atoms with Gasteiger partial charge in [0.2, 0.25) is 0 Å². The normalized spacial score (nSPS) is 10.8. The molecule has 0 saturated carbocycles. The molecule has 0 atom stereocenters. The first-order valence-corrected chi connectivity index (χ1v) is 9.65. The van der Waals surface area contributed by atoms with Crippen molar-refractivity contribution in [1.29, 1.82) is 5.26 Å². The van der Waals surface area contributed by atoms with Gasteiger partial charge in [-0.05, 0) is 55.0 Å². The zero-order valence-electron chi connectivity index (χ0n) is 17.0. The number of rotatable bonds is 8. The Morgan fingerprint density at radius 1 is 0.968 bits per heavy atom. The van der Waals surface area contributed by atoms with E-state index in [1.54, 1.807) is 30.3 Å². The number of aryl methyl sites for hydroxylation is 1. The van der Waals surface area contributed by atoms with Gasteiger partial charge >= 0.3 is 0 Å². The van der Waals surface area contributed by atoms with E-state index in [0.717, 1.165) is 5.75 Å². The second-order valence-corrected chi connectivity index (χ2v) is 6.68. The van der Waals surface area contributed by atoms with Crippen LogP contribution < -0.4 is 14.8 Å². The van der Waals surface area contributed by atoms with Gasteiger partial charge in [-0.15, -0.1) is 0 Å². The summed E-state index contributed by atoms with van der Waals surface area (Å²) in [6.07, 6.45) is 1.43. The maximum atomic E-state index is 13.7. The number of ether oxygens (including phenoxy) is 2. The van der Waals surface area contributed by atoms with Crippen molar-refractivity contribution in [2.24, 2.45) is 0 Å². The number of para-hydroxylation sites is 1. The van der Waals surface area contributed by atoms with Crippen molar-refractivity contribution in [3.05, 3.63) is 95.3 Å². The van der Waals surface area contributed by atoms with E-state index < -0.39 is 11.7 Å². The summed E-state index contributed by atoms with van der Waals surface area (Å²) in [4.78, 5) is 12.3. The molecule has 0 aliphatic carbocycles. The number of halogens is 1. The molecule has 0 bridgehead atoms. The molecular formula is C25H21FN2O3. The summed E-state index contributed by atoms with van der Waals surface area (Å²) >= 11 is 0. The van der Waals surface area contributed by atoms with Crippen molar-refractivity contribution >= 4 is 17.7 Å². The molecule has 0 aliphatic rings. The highest BCUT2D eigenvalue weighted by Crippen LogP contribution is 2.17. The molecule has 0 unspecified atom stereocenters. The zero-order valence-corrected chi connectivity index (χ0v) is 17.0. The zero-order chi connectivity index (χ0) is 22.1. The van der Waals surface area contributed by atoms with Gasteiger partial charge in [-0.25, -0.2) is 4.39 Å². The summed E-state index contributed by atoms with van der Waals surface area (Å²) in [6, 6.07) is 22.3. The fourth-order valence-corrected chi connectivity index (χ4v) is 2.68. The molecule has 1 amide bonds. The van der Waals surface area contributed by atoms with Crippen LogP contribution >= 0.6 is 0 Å². The first kappa shape index (κ1) is 21.6. The van der Waals surface area contributed by atoms with Gasteiger partial charge in [-0.1, -0.05) is 42.0 Å². The van der Waals surface area contributed by atoms with Crippen LogP contribution in [0.25, 0.3) is 6.08 Å². The van der Waals surface area contributed by atoms with E-state index in [4.69, 9.17) is 9.47 Å².